The Morgan fingerprint density at radius 3 is 2.64 bits per heavy atom. The minimum absolute atomic E-state index is 0.0421. The van der Waals surface area contributed by atoms with Crippen LogP contribution in [0.1, 0.15) is 51.0 Å². The molecule has 2 aromatic heterocycles. The average Bonchev–Trinajstić information content (AvgIpc) is 2.93. The predicted molar refractivity (Wildman–Crippen MR) is 120 cm³/mol. The third kappa shape index (κ3) is 4.65. The lowest BCUT2D eigenvalue weighted by Crippen LogP contribution is -2.27. The molecule has 0 spiro atoms. The molecule has 2 heterocycles. The first-order valence-corrected chi connectivity index (χ1v) is 13.7. The monoisotopic (exact) mass is 442 g/mol. The molecule has 0 N–H and O–H groups in total. The minimum Gasteiger partial charge on any atom is -0.287 e. The minimum atomic E-state index is -3.03. The van der Waals surface area contributed by atoms with Gasteiger partial charge in [0.1, 0.15) is 14.7 Å². The molecule has 0 amide bonds. The van der Waals surface area contributed by atoms with E-state index in [2.05, 4.69) is 20.8 Å². The standard InChI is InChI=1S/C20H30N2O3S3/c1-6-9-22-18(23)16-14-8-7-13(20(2,3)4)12-15(14)27-17(16)21-19(22)26-10-11-28(5,24)25/h13H,6-12H2,1-5H3. The van der Waals surface area contributed by atoms with Crippen LogP contribution >= 0.6 is 23.1 Å². The number of hydrogen-bond acceptors (Lipinski definition) is 6. The molecule has 28 heavy (non-hydrogen) atoms. The molecule has 0 saturated heterocycles. The van der Waals surface area contributed by atoms with Gasteiger partial charge < -0.3 is 0 Å². The molecule has 1 atom stereocenters. The van der Waals surface area contributed by atoms with E-state index < -0.39 is 9.84 Å². The highest BCUT2D eigenvalue weighted by Crippen LogP contribution is 2.42. The zero-order valence-corrected chi connectivity index (χ0v) is 19.8. The number of thioether (sulfide) groups is 1. The predicted octanol–water partition coefficient (Wildman–Crippen LogP) is 4.16. The molecule has 5 nitrogen and oxygen atoms in total. The number of aromatic nitrogens is 2. The van der Waals surface area contributed by atoms with E-state index in [1.165, 1.54) is 28.5 Å². The van der Waals surface area contributed by atoms with Gasteiger partial charge >= 0.3 is 0 Å². The Morgan fingerprint density at radius 2 is 2.04 bits per heavy atom. The molecule has 3 rings (SSSR count). The number of sulfone groups is 1. The van der Waals surface area contributed by atoms with E-state index in [0.717, 1.165) is 35.9 Å². The molecule has 0 saturated carbocycles. The van der Waals surface area contributed by atoms with Crippen LogP contribution in [0, 0.1) is 11.3 Å². The van der Waals surface area contributed by atoms with Gasteiger partial charge in [0.15, 0.2) is 5.16 Å². The number of thiophene rings is 1. The van der Waals surface area contributed by atoms with E-state index >= 15 is 0 Å². The van der Waals surface area contributed by atoms with Crippen LogP contribution in [0.25, 0.3) is 10.2 Å². The normalized spacial score (nSPS) is 17.8. The van der Waals surface area contributed by atoms with Crippen molar-refractivity contribution in [1.29, 1.82) is 0 Å². The van der Waals surface area contributed by atoms with E-state index in [0.29, 0.717) is 23.4 Å². The van der Waals surface area contributed by atoms with Crippen molar-refractivity contribution in [2.45, 2.75) is 65.1 Å². The van der Waals surface area contributed by atoms with E-state index in [9.17, 15) is 13.2 Å². The van der Waals surface area contributed by atoms with Gasteiger partial charge in [-0.3, -0.25) is 9.36 Å². The van der Waals surface area contributed by atoms with Crippen LogP contribution in [0.3, 0.4) is 0 Å². The second kappa shape index (κ2) is 8.11. The van der Waals surface area contributed by atoms with E-state index in [1.54, 1.807) is 15.9 Å². The number of rotatable bonds is 6. The van der Waals surface area contributed by atoms with Crippen LogP contribution in [0.2, 0.25) is 0 Å². The largest absolute Gasteiger partial charge is 0.287 e. The van der Waals surface area contributed by atoms with Crippen LogP contribution in [0.5, 0.6) is 0 Å². The van der Waals surface area contributed by atoms with Gasteiger partial charge in [-0.2, -0.15) is 0 Å². The molecule has 1 unspecified atom stereocenters. The number of aryl methyl sites for hydroxylation is 1. The quantitative estimate of drug-likeness (QED) is 0.496. The molecule has 0 aliphatic heterocycles. The Morgan fingerprint density at radius 1 is 1.32 bits per heavy atom. The van der Waals surface area contributed by atoms with Gasteiger partial charge in [0.05, 0.1) is 11.1 Å². The summed E-state index contributed by atoms with van der Waals surface area (Å²) in [4.78, 5) is 20.3. The molecule has 0 radical (unpaired) electrons. The lowest BCUT2D eigenvalue weighted by atomic mass is 9.72. The third-order valence-corrected chi connectivity index (χ3v) is 8.82. The highest BCUT2D eigenvalue weighted by atomic mass is 32.2. The zero-order chi connectivity index (χ0) is 20.7. The van der Waals surface area contributed by atoms with Crippen molar-refractivity contribution in [2.24, 2.45) is 11.3 Å². The van der Waals surface area contributed by atoms with Crippen molar-refractivity contribution < 1.29 is 8.42 Å². The van der Waals surface area contributed by atoms with Crippen LogP contribution < -0.4 is 5.56 Å². The Hall–Kier alpha value is -0.860. The topological polar surface area (TPSA) is 69.0 Å². The van der Waals surface area contributed by atoms with Crippen LogP contribution in [-0.4, -0.2) is 35.7 Å². The summed E-state index contributed by atoms with van der Waals surface area (Å²) < 4.78 is 24.7. The molecule has 156 valence electrons. The van der Waals surface area contributed by atoms with E-state index in [1.807, 2.05) is 6.92 Å². The molecule has 8 heteroatoms. The fourth-order valence-electron chi connectivity index (χ4n) is 3.79. The van der Waals surface area contributed by atoms with Gasteiger partial charge in [0.2, 0.25) is 0 Å². The van der Waals surface area contributed by atoms with Crippen molar-refractivity contribution in [3.8, 4) is 0 Å². The highest BCUT2D eigenvalue weighted by Gasteiger charge is 2.32. The summed E-state index contributed by atoms with van der Waals surface area (Å²) in [6, 6.07) is 0. The Bertz CT molecular complexity index is 1030. The van der Waals surface area contributed by atoms with Crippen molar-refractivity contribution in [1.82, 2.24) is 9.55 Å². The van der Waals surface area contributed by atoms with Crippen LogP contribution in [0.15, 0.2) is 9.95 Å². The summed E-state index contributed by atoms with van der Waals surface area (Å²) in [6.45, 7) is 9.52. The van der Waals surface area contributed by atoms with Crippen molar-refractivity contribution in [3.63, 3.8) is 0 Å². The molecular weight excluding hydrogens is 412 g/mol. The van der Waals surface area contributed by atoms with Crippen molar-refractivity contribution >= 4 is 43.2 Å². The van der Waals surface area contributed by atoms with Gasteiger partial charge in [-0.05, 0) is 42.6 Å². The van der Waals surface area contributed by atoms with Gasteiger partial charge in [-0.1, -0.05) is 39.5 Å². The fourth-order valence-corrected chi connectivity index (χ4v) is 7.35. The summed E-state index contributed by atoms with van der Waals surface area (Å²) in [5, 5.41) is 1.45. The van der Waals surface area contributed by atoms with Crippen molar-refractivity contribution in [3.05, 3.63) is 20.8 Å². The lowest BCUT2D eigenvalue weighted by molar-refractivity contribution is 0.218. The molecule has 0 bridgehead atoms. The molecular formula is C20H30N2O3S3. The summed E-state index contributed by atoms with van der Waals surface area (Å²) in [5.41, 5.74) is 1.51. The summed E-state index contributed by atoms with van der Waals surface area (Å²) in [7, 11) is -3.03. The Kier molecular flexibility index (Phi) is 6.32. The third-order valence-electron chi connectivity index (χ3n) is 5.49. The van der Waals surface area contributed by atoms with E-state index in [-0.39, 0.29) is 16.7 Å². The van der Waals surface area contributed by atoms with Crippen LogP contribution in [0.4, 0.5) is 0 Å². The maximum atomic E-state index is 13.3. The average molecular weight is 443 g/mol. The summed E-state index contributed by atoms with van der Waals surface area (Å²) in [5.74, 6) is 1.12. The van der Waals surface area contributed by atoms with E-state index in [4.69, 9.17) is 4.98 Å². The Balaban J connectivity index is 2.02. The first-order valence-electron chi connectivity index (χ1n) is 9.87. The van der Waals surface area contributed by atoms with Gasteiger partial charge in [-0.15, -0.1) is 11.3 Å². The Labute approximate surface area is 175 Å². The highest BCUT2D eigenvalue weighted by molar-refractivity contribution is 8.00. The first-order chi connectivity index (χ1) is 13.0. The van der Waals surface area contributed by atoms with Gasteiger partial charge in [0, 0.05) is 23.4 Å². The van der Waals surface area contributed by atoms with Crippen molar-refractivity contribution in [2.75, 3.05) is 17.8 Å². The van der Waals surface area contributed by atoms with Crippen LogP contribution in [-0.2, 0) is 29.2 Å². The second-order valence-corrected chi connectivity index (χ2v) is 13.2. The number of hydrogen-bond donors (Lipinski definition) is 0. The number of nitrogens with zero attached hydrogens (tertiary/aromatic N) is 2. The maximum Gasteiger partial charge on any atom is 0.263 e. The SMILES string of the molecule is CCCn1c(SCCS(C)(=O)=O)nc2sc3c(c2c1=O)CCC(C(C)(C)C)C3. The smallest absolute Gasteiger partial charge is 0.263 e. The molecule has 2 aromatic rings. The molecule has 0 aromatic carbocycles. The number of fused-ring (bicyclic) bond motifs is 3. The fraction of sp³-hybridized carbons (Fsp3) is 0.700. The molecule has 1 aliphatic carbocycles. The summed E-state index contributed by atoms with van der Waals surface area (Å²) in [6.07, 6.45) is 5.15. The van der Waals surface area contributed by atoms with Gasteiger partial charge in [0.25, 0.3) is 5.56 Å². The molecule has 1 aliphatic rings. The zero-order valence-electron chi connectivity index (χ0n) is 17.4. The maximum absolute atomic E-state index is 13.3. The summed E-state index contributed by atoms with van der Waals surface area (Å²) >= 11 is 3.03. The first kappa shape index (κ1) is 21.8. The van der Waals surface area contributed by atoms with Gasteiger partial charge in [-0.25, -0.2) is 13.4 Å². The molecule has 0 fully saturated rings. The lowest BCUT2D eigenvalue weighted by Gasteiger charge is -2.33. The second-order valence-electron chi connectivity index (χ2n) is 8.82.